The molecule has 0 amide bonds. The number of nitro benzene ring substituents is 1. The van der Waals surface area contributed by atoms with Crippen LogP contribution in [0, 0.1) is 21.4 Å². The minimum atomic E-state index is -0.547. The van der Waals surface area contributed by atoms with Gasteiger partial charge in [-0.2, -0.15) is 5.26 Å². The standard InChI is InChI=1S/C12H6BrN3O3/c13-9-1-2-11(10(6-9)16(17)18)19-12-5-8(7-14)3-4-15-12/h1-6H. The molecule has 0 saturated carbocycles. The molecular formula is C12H6BrN3O3. The summed E-state index contributed by atoms with van der Waals surface area (Å²) in [6, 6.07) is 9.28. The van der Waals surface area contributed by atoms with Gasteiger partial charge < -0.3 is 4.74 Å². The number of nitriles is 1. The molecule has 0 atom stereocenters. The summed E-state index contributed by atoms with van der Waals surface area (Å²) < 4.78 is 5.92. The minimum absolute atomic E-state index is 0.0655. The predicted molar refractivity (Wildman–Crippen MR) is 69.8 cm³/mol. The van der Waals surface area contributed by atoms with Gasteiger partial charge in [0.2, 0.25) is 11.6 Å². The monoisotopic (exact) mass is 319 g/mol. The number of hydrogen-bond acceptors (Lipinski definition) is 5. The Morgan fingerprint density at radius 2 is 2.16 bits per heavy atom. The third kappa shape index (κ3) is 3.05. The Balaban J connectivity index is 2.38. The summed E-state index contributed by atoms with van der Waals surface area (Å²) in [5, 5.41) is 19.7. The number of hydrogen-bond donors (Lipinski definition) is 0. The SMILES string of the molecule is N#Cc1ccnc(Oc2ccc(Br)cc2[N+](=O)[O-])c1. The summed E-state index contributed by atoms with van der Waals surface area (Å²) in [6.45, 7) is 0. The van der Waals surface area contributed by atoms with Gasteiger partial charge in [0.15, 0.2) is 0 Å². The van der Waals surface area contributed by atoms with Crippen molar-refractivity contribution in [2.45, 2.75) is 0 Å². The fraction of sp³-hybridized carbons (Fsp3) is 0. The van der Waals surface area contributed by atoms with Crippen LogP contribution in [0.5, 0.6) is 11.6 Å². The normalized spacial score (nSPS) is 9.68. The quantitative estimate of drug-likeness (QED) is 0.638. The van der Waals surface area contributed by atoms with Gasteiger partial charge in [-0.25, -0.2) is 4.98 Å². The molecule has 0 saturated heterocycles. The molecule has 94 valence electrons. The van der Waals surface area contributed by atoms with Gasteiger partial charge in [0, 0.05) is 22.8 Å². The maximum Gasteiger partial charge on any atom is 0.312 e. The van der Waals surface area contributed by atoms with Crippen molar-refractivity contribution >= 4 is 21.6 Å². The third-order valence-corrected chi connectivity index (χ3v) is 2.69. The van der Waals surface area contributed by atoms with E-state index in [2.05, 4.69) is 20.9 Å². The Kier molecular flexibility index (Phi) is 3.73. The van der Waals surface area contributed by atoms with Crippen LogP contribution < -0.4 is 4.74 Å². The maximum absolute atomic E-state index is 10.9. The summed E-state index contributed by atoms with van der Waals surface area (Å²) in [5.74, 6) is 0.195. The van der Waals surface area contributed by atoms with Crippen LogP contribution in [0.15, 0.2) is 41.0 Å². The molecule has 0 unspecified atom stereocenters. The Labute approximate surface area is 116 Å². The van der Waals surface area contributed by atoms with E-state index >= 15 is 0 Å². The fourth-order valence-electron chi connectivity index (χ4n) is 1.37. The zero-order chi connectivity index (χ0) is 13.8. The molecule has 0 radical (unpaired) electrons. The number of pyridine rings is 1. The highest BCUT2D eigenvalue weighted by atomic mass is 79.9. The van der Waals surface area contributed by atoms with Gasteiger partial charge in [0.1, 0.15) is 0 Å². The number of aromatic nitrogens is 1. The highest BCUT2D eigenvalue weighted by molar-refractivity contribution is 9.10. The summed E-state index contributed by atoms with van der Waals surface area (Å²) in [5.41, 5.74) is 0.184. The van der Waals surface area contributed by atoms with Gasteiger partial charge in [-0.15, -0.1) is 0 Å². The van der Waals surface area contributed by atoms with Crippen LogP contribution in [-0.2, 0) is 0 Å². The van der Waals surface area contributed by atoms with E-state index in [9.17, 15) is 10.1 Å². The van der Waals surface area contributed by atoms with Crippen LogP contribution in [0.4, 0.5) is 5.69 Å². The number of ether oxygens (including phenoxy) is 1. The van der Waals surface area contributed by atoms with E-state index < -0.39 is 4.92 Å². The average Bonchev–Trinajstić information content (AvgIpc) is 2.41. The maximum atomic E-state index is 10.9. The number of halogens is 1. The van der Waals surface area contributed by atoms with Crippen LogP contribution >= 0.6 is 15.9 Å². The number of benzene rings is 1. The lowest BCUT2D eigenvalue weighted by molar-refractivity contribution is -0.385. The molecule has 2 rings (SSSR count). The zero-order valence-electron chi connectivity index (χ0n) is 9.41. The van der Waals surface area contributed by atoms with E-state index in [1.165, 1.54) is 30.5 Å². The van der Waals surface area contributed by atoms with Crippen LogP contribution in [0.2, 0.25) is 0 Å². The molecule has 19 heavy (non-hydrogen) atoms. The minimum Gasteiger partial charge on any atom is -0.432 e. The molecule has 1 aromatic heterocycles. The molecule has 0 bridgehead atoms. The zero-order valence-corrected chi connectivity index (χ0v) is 11.0. The number of nitrogens with zero attached hydrogens (tertiary/aromatic N) is 3. The first-order valence-corrected chi connectivity index (χ1v) is 5.87. The lowest BCUT2D eigenvalue weighted by atomic mass is 10.3. The molecule has 0 aliphatic carbocycles. The Bertz CT molecular complexity index is 682. The van der Waals surface area contributed by atoms with Gasteiger partial charge in [-0.3, -0.25) is 10.1 Å². The van der Waals surface area contributed by atoms with Crippen LogP contribution in [0.1, 0.15) is 5.56 Å². The number of rotatable bonds is 3. The van der Waals surface area contributed by atoms with Crippen molar-refractivity contribution in [3.8, 4) is 17.7 Å². The molecule has 6 nitrogen and oxygen atoms in total. The van der Waals surface area contributed by atoms with E-state index in [4.69, 9.17) is 10.00 Å². The third-order valence-electron chi connectivity index (χ3n) is 2.20. The highest BCUT2D eigenvalue weighted by Crippen LogP contribution is 2.33. The molecule has 0 N–H and O–H groups in total. The smallest absolute Gasteiger partial charge is 0.312 e. The van der Waals surface area contributed by atoms with E-state index in [0.29, 0.717) is 10.0 Å². The molecule has 1 aromatic carbocycles. The summed E-state index contributed by atoms with van der Waals surface area (Å²) >= 11 is 3.15. The first kappa shape index (κ1) is 13.0. The molecule has 0 fully saturated rings. The van der Waals surface area contributed by atoms with Crippen molar-refractivity contribution in [1.82, 2.24) is 4.98 Å². The first-order valence-electron chi connectivity index (χ1n) is 5.08. The predicted octanol–water partition coefficient (Wildman–Crippen LogP) is 3.42. The van der Waals surface area contributed by atoms with Gasteiger partial charge in [-0.05, 0) is 18.2 Å². The van der Waals surface area contributed by atoms with Gasteiger partial charge >= 0.3 is 5.69 Å². The second-order valence-corrected chi connectivity index (χ2v) is 4.38. The molecule has 7 heteroatoms. The average molecular weight is 320 g/mol. The molecular weight excluding hydrogens is 314 g/mol. The Hall–Kier alpha value is -2.46. The molecule has 0 aliphatic heterocycles. The van der Waals surface area contributed by atoms with Gasteiger partial charge in [0.05, 0.1) is 16.6 Å². The second kappa shape index (κ2) is 5.46. The van der Waals surface area contributed by atoms with Gasteiger partial charge in [0.25, 0.3) is 0 Å². The van der Waals surface area contributed by atoms with E-state index in [1.807, 2.05) is 6.07 Å². The first-order chi connectivity index (χ1) is 9.10. The molecule has 0 spiro atoms. The van der Waals surface area contributed by atoms with Crippen molar-refractivity contribution in [2.75, 3.05) is 0 Å². The highest BCUT2D eigenvalue weighted by Gasteiger charge is 2.16. The van der Waals surface area contributed by atoms with Gasteiger partial charge in [-0.1, -0.05) is 15.9 Å². The van der Waals surface area contributed by atoms with E-state index in [0.717, 1.165) is 0 Å². The number of nitro groups is 1. The molecule has 0 aliphatic rings. The van der Waals surface area contributed by atoms with Crippen LogP contribution in [-0.4, -0.2) is 9.91 Å². The summed E-state index contributed by atoms with van der Waals surface area (Å²) in [6.07, 6.45) is 1.40. The second-order valence-electron chi connectivity index (χ2n) is 3.47. The lowest BCUT2D eigenvalue weighted by Gasteiger charge is -2.05. The van der Waals surface area contributed by atoms with Crippen LogP contribution in [0.3, 0.4) is 0 Å². The summed E-state index contributed by atoms with van der Waals surface area (Å²) in [7, 11) is 0. The van der Waals surface area contributed by atoms with Crippen molar-refractivity contribution in [3.63, 3.8) is 0 Å². The van der Waals surface area contributed by atoms with Crippen LogP contribution in [0.25, 0.3) is 0 Å². The van der Waals surface area contributed by atoms with E-state index in [-0.39, 0.29) is 17.3 Å². The summed E-state index contributed by atoms with van der Waals surface area (Å²) in [4.78, 5) is 14.3. The fourth-order valence-corrected chi connectivity index (χ4v) is 1.72. The van der Waals surface area contributed by atoms with E-state index in [1.54, 1.807) is 6.07 Å². The largest absolute Gasteiger partial charge is 0.432 e. The molecule has 2 aromatic rings. The van der Waals surface area contributed by atoms with Crippen molar-refractivity contribution in [1.29, 1.82) is 5.26 Å². The van der Waals surface area contributed by atoms with Crippen molar-refractivity contribution < 1.29 is 9.66 Å². The topological polar surface area (TPSA) is 89.0 Å². The lowest BCUT2D eigenvalue weighted by Crippen LogP contribution is -1.95. The van der Waals surface area contributed by atoms with Crippen molar-refractivity contribution in [3.05, 3.63) is 56.7 Å². The van der Waals surface area contributed by atoms with Crippen molar-refractivity contribution in [2.24, 2.45) is 0 Å². The Morgan fingerprint density at radius 3 is 2.84 bits per heavy atom. The molecule has 1 heterocycles. The Morgan fingerprint density at radius 1 is 1.37 bits per heavy atom.